The van der Waals surface area contributed by atoms with Gasteiger partial charge < -0.3 is 10.6 Å². The van der Waals surface area contributed by atoms with E-state index < -0.39 is 0 Å². The van der Waals surface area contributed by atoms with E-state index in [0.717, 1.165) is 32.1 Å². The maximum Gasteiger partial charge on any atom is 0.191 e. The molecule has 0 radical (unpaired) electrons. The van der Waals surface area contributed by atoms with Crippen molar-refractivity contribution in [3.63, 3.8) is 0 Å². The van der Waals surface area contributed by atoms with E-state index in [-0.39, 0.29) is 4.75 Å². The number of rotatable bonds is 9. The molecule has 0 saturated carbocycles. The number of hydrogen-bond acceptors (Lipinski definition) is 4. The van der Waals surface area contributed by atoms with Gasteiger partial charge in [-0.2, -0.15) is 23.1 Å². The third-order valence-corrected chi connectivity index (χ3v) is 6.05. The van der Waals surface area contributed by atoms with Crippen LogP contribution in [0.2, 0.25) is 0 Å². The molecule has 2 N–H and O–H groups in total. The number of thioether (sulfide) groups is 1. The fraction of sp³-hybridized carbons (Fsp3) is 0.706. The Morgan fingerprint density at radius 2 is 2.04 bits per heavy atom. The monoisotopic (exact) mass is 356 g/mol. The fourth-order valence-electron chi connectivity index (χ4n) is 2.37. The SMILES string of the molecule is CCN(CC)C(CNC(=NC)NCC(C)(C)SC)c1ccsc1. The molecule has 1 atom stereocenters. The predicted molar refractivity (Wildman–Crippen MR) is 107 cm³/mol. The standard InChI is InChI=1S/C17H32N4S2/c1-7-21(8-2)15(14-9-10-23-12-14)11-19-16(18-5)20-13-17(3,4)22-6/h9-10,12,15H,7-8,11,13H2,1-6H3,(H2,18,19,20). The van der Waals surface area contributed by atoms with Crippen molar-refractivity contribution < 1.29 is 0 Å². The first-order valence-electron chi connectivity index (χ1n) is 8.23. The molecule has 1 aromatic rings. The number of guanidine groups is 1. The molecule has 1 aromatic heterocycles. The van der Waals surface area contributed by atoms with Crippen LogP contribution in [0.25, 0.3) is 0 Å². The summed E-state index contributed by atoms with van der Waals surface area (Å²) >= 11 is 3.62. The van der Waals surface area contributed by atoms with Crippen molar-refractivity contribution in [2.24, 2.45) is 4.99 Å². The highest BCUT2D eigenvalue weighted by Crippen LogP contribution is 2.22. The Kier molecular flexibility index (Phi) is 9.02. The number of aliphatic imine (C=N–C) groups is 1. The summed E-state index contributed by atoms with van der Waals surface area (Å²) in [6, 6.07) is 2.60. The summed E-state index contributed by atoms with van der Waals surface area (Å²) in [5.74, 6) is 0.875. The van der Waals surface area contributed by atoms with Crippen molar-refractivity contribution >= 4 is 29.1 Å². The summed E-state index contributed by atoms with van der Waals surface area (Å²) in [4.78, 5) is 6.84. The lowest BCUT2D eigenvalue weighted by Crippen LogP contribution is -2.46. The molecule has 0 bridgehead atoms. The van der Waals surface area contributed by atoms with Crippen LogP contribution in [0.15, 0.2) is 21.8 Å². The minimum absolute atomic E-state index is 0.198. The normalized spacial score (nSPS) is 14.1. The molecule has 6 heteroatoms. The van der Waals surface area contributed by atoms with Crippen LogP contribution in [0.1, 0.15) is 39.3 Å². The third kappa shape index (κ3) is 6.73. The van der Waals surface area contributed by atoms with Gasteiger partial charge in [0.15, 0.2) is 5.96 Å². The first-order valence-corrected chi connectivity index (χ1v) is 10.4. The molecule has 0 amide bonds. The Morgan fingerprint density at radius 3 is 2.52 bits per heavy atom. The molecule has 0 aliphatic heterocycles. The molecular weight excluding hydrogens is 324 g/mol. The van der Waals surface area contributed by atoms with Gasteiger partial charge >= 0.3 is 0 Å². The number of hydrogen-bond donors (Lipinski definition) is 2. The second kappa shape index (κ2) is 10.2. The van der Waals surface area contributed by atoms with Gasteiger partial charge in [-0.1, -0.05) is 13.8 Å². The second-order valence-corrected chi connectivity index (χ2v) is 8.36. The molecule has 1 heterocycles. The van der Waals surface area contributed by atoms with E-state index in [2.05, 4.69) is 71.3 Å². The summed E-state index contributed by atoms with van der Waals surface area (Å²) < 4.78 is 0.198. The molecule has 0 spiro atoms. The van der Waals surface area contributed by atoms with Crippen molar-refractivity contribution in [2.45, 2.75) is 38.5 Å². The Labute approximate surface area is 150 Å². The van der Waals surface area contributed by atoms with Gasteiger partial charge in [-0.3, -0.25) is 9.89 Å². The summed E-state index contributed by atoms with van der Waals surface area (Å²) in [5, 5.41) is 11.3. The third-order valence-electron chi connectivity index (χ3n) is 4.10. The van der Waals surface area contributed by atoms with E-state index in [9.17, 15) is 0 Å². The zero-order valence-electron chi connectivity index (χ0n) is 15.3. The Hall–Kier alpha value is -0.720. The summed E-state index contributed by atoms with van der Waals surface area (Å²) in [5.41, 5.74) is 1.38. The molecule has 4 nitrogen and oxygen atoms in total. The van der Waals surface area contributed by atoms with Crippen molar-refractivity contribution in [1.82, 2.24) is 15.5 Å². The lowest BCUT2D eigenvalue weighted by atomic mass is 10.1. The maximum atomic E-state index is 4.36. The van der Waals surface area contributed by atoms with Gasteiger partial charge in [0.05, 0.1) is 6.04 Å². The van der Waals surface area contributed by atoms with Crippen molar-refractivity contribution in [2.75, 3.05) is 39.5 Å². The van der Waals surface area contributed by atoms with Crippen LogP contribution in [0.5, 0.6) is 0 Å². The summed E-state index contributed by atoms with van der Waals surface area (Å²) in [6.45, 7) is 12.8. The van der Waals surface area contributed by atoms with Crippen LogP contribution in [0, 0.1) is 0 Å². The molecule has 0 aromatic carbocycles. The van der Waals surface area contributed by atoms with E-state index in [0.29, 0.717) is 6.04 Å². The van der Waals surface area contributed by atoms with Gasteiger partial charge in [-0.25, -0.2) is 0 Å². The van der Waals surface area contributed by atoms with Crippen LogP contribution in [0.4, 0.5) is 0 Å². The average molecular weight is 357 g/mol. The second-order valence-electron chi connectivity index (χ2n) is 6.06. The largest absolute Gasteiger partial charge is 0.355 e. The molecule has 0 saturated heterocycles. The minimum Gasteiger partial charge on any atom is -0.355 e. The van der Waals surface area contributed by atoms with Crippen molar-refractivity contribution in [1.29, 1.82) is 0 Å². The first-order chi connectivity index (χ1) is 11.0. The van der Waals surface area contributed by atoms with Gasteiger partial charge in [0.1, 0.15) is 0 Å². The molecular formula is C17H32N4S2. The molecule has 132 valence electrons. The first kappa shape index (κ1) is 20.3. The molecule has 0 aliphatic rings. The van der Waals surface area contributed by atoms with Gasteiger partial charge in [-0.15, -0.1) is 0 Å². The molecule has 1 rings (SSSR count). The highest BCUT2D eigenvalue weighted by molar-refractivity contribution is 7.99. The molecule has 23 heavy (non-hydrogen) atoms. The van der Waals surface area contributed by atoms with Crippen molar-refractivity contribution in [3.8, 4) is 0 Å². The molecule has 1 unspecified atom stereocenters. The summed E-state index contributed by atoms with van der Waals surface area (Å²) in [6.07, 6.45) is 2.14. The van der Waals surface area contributed by atoms with E-state index in [1.165, 1.54) is 5.56 Å². The maximum absolute atomic E-state index is 4.36. The summed E-state index contributed by atoms with van der Waals surface area (Å²) in [7, 11) is 1.83. The van der Waals surface area contributed by atoms with Crippen molar-refractivity contribution in [3.05, 3.63) is 22.4 Å². The fourth-order valence-corrected chi connectivity index (χ4v) is 3.29. The smallest absolute Gasteiger partial charge is 0.191 e. The van der Waals surface area contributed by atoms with Gasteiger partial charge in [0.2, 0.25) is 0 Å². The van der Waals surface area contributed by atoms with Crippen LogP contribution in [-0.4, -0.2) is 55.1 Å². The van der Waals surface area contributed by atoms with E-state index >= 15 is 0 Å². The minimum atomic E-state index is 0.198. The van der Waals surface area contributed by atoms with Gasteiger partial charge in [0.25, 0.3) is 0 Å². The zero-order valence-corrected chi connectivity index (χ0v) is 17.0. The lowest BCUT2D eigenvalue weighted by Gasteiger charge is -2.30. The number of likely N-dealkylation sites (N-methyl/N-ethyl adjacent to an activating group) is 1. The average Bonchev–Trinajstić information content (AvgIpc) is 3.08. The van der Waals surface area contributed by atoms with E-state index in [4.69, 9.17) is 0 Å². The quantitative estimate of drug-likeness (QED) is 0.525. The van der Waals surface area contributed by atoms with Crippen LogP contribution in [-0.2, 0) is 0 Å². The van der Waals surface area contributed by atoms with E-state index in [1.807, 2.05) is 18.8 Å². The van der Waals surface area contributed by atoms with Gasteiger partial charge in [-0.05, 0) is 55.6 Å². The molecule has 0 fully saturated rings. The predicted octanol–water partition coefficient (Wildman–Crippen LogP) is 3.44. The number of nitrogens with zero attached hydrogens (tertiary/aromatic N) is 2. The topological polar surface area (TPSA) is 39.7 Å². The van der Waals surface area contributed by atoms with Crippen LogP contribution >= 0.6 is 23.1 Å². The Bertz CT molecular complexity index is 453. The van der Waals surface area contributed by atoms with Gasteiger partial charge in [0, 0.05) is 24.9 Å². The lowest BCUT2D eigenvalue weighted by molar-refractivity contribution is 0.219. The highest BCUT2D eigenvalue weighted by Gasteiger charge is 2.20. The Morgan fingerprint density at radius 1 is 1.35 bits per heavy atom. The zero-order chi connectivity index (χ0) is 17.3. The highest BCUT2D eigenvalue weighted by atomic mass is 32.2. The van der Waals surface area contributed by atoms with Crippen LogP contribution < -0.4 is 10.6 Å². The van der Waals surface area contributed by atoms with E-state index in [1.54, 1.807) is 11.3 Å². The number of nitrogens with one attached hydrogen (secondary N) is 2. The number of thiophene rings is 1. The Balaban J connectivity index is 2.66. The molecule has 0 aliphatic carbocycles. The van der Waals surface area contributed by atoms with Crippen LogP contribution in [0.3, 0.4) is 0 Å².